The Morgan fingerprint density at radius 2 is 1.84 bits per heavy atom. The number of furan rings is 1. The molecule has 0 fully saturated rings. The van der Waals surface area contributed by atoms with Gasteiger partial charge in [-0.25, -0.2) is 0 Å². The summed E-state index contributed by atoms with van der Waals surface area (Å²) < 4.78 is 48.0. The van der Waals surface area contributed by atoms with Crippen LogP contribution in [0.4, 0.5) is 13.2 Å². The quantitative estimate of drug-likeness (QED) is 0.455. The second kappa shape index (κ2) is 9.00. The summed E-state index contributed by atoms with van der Waals surface area (Å²) in [4.78, 5) is 4.07. The normalized spacial score (nSPS) is 12.1. The molecule has 25 heavy (non-hydrogen) atoms. The van der Waals surface area contributed by atoms with E-state index < -0.39 is 11.7 Å². The lowest BCUT2D eigenvalue weighted by Crippen LogP contribution is -2.40. The first-order valence-electron chi connectivity index (χ1n) is 7.76. The van der Waals surface area contributed by atoms with Gasteiger partial charge in [-0.1, -0.05) is 0 Å². The van der Waals surface area contributed by atoms with E-state index in [9.17, 15) is 13.2 Å². The molecule has 0 spiro atoms. The molecule has 2 N–H and O–H groups in total. The first-order chi connectivity index (χ1) is 12.0. The Morgan fingerprint density at radius 1 is 1.12 bits per heavy atom. The topological polar surface area (TPSA) is 58.8 Å². The molecule has 2 aromatic rings. The molecule has 0 aliphatic heterocycles. The van der Waals surface area contributed by atoms with Gasteiger partial charge in [0.05, 0.1) is 18.4 Å². The van der Waals surface area contributed by atoms with E-state index in [0.717, 1.165) is 24.3 Å². The minimum absolute atomic E-state index is 0.296. The Bertz CT molecular complexity index is 653. The summed E-state index contributed by atoms with van der Waals surface area (Å²) in [6.07, 6.45) is -1.98. The lowest BCUT2D eigenvalue weighted by Gasteiger charge is -2.12. The molecule has 0 aliphatic rings. The number of nitrogens with one attached hydrogen (secondary N) is 2. The first kappa shape index (κ1) is 18.7. The van der Waals surface area contributed by atoms with E-state index in [2.05, 4.69) is 15.6 Å². The van der Waals surface area contributed by atoms with Gasteiger partial charge in [-0.2, -0.15) is 13.2 Å². The summed E-state index contributed by atoms with van der Waals surface area (Å²) in [5, 5.41) is 6.19. The molecular weight excluding hydrogens is 335 g/mol. The van der Waals surface area contributed by atoms with Crippen LogP contribution in [0, 0.1) is 0 Å². The fourth-order valence-electron chi connectivity index (χ4n) is 2.06. The van der Waals surface area contributed by atoms with E-state index in [0.29, 0.717) is 31.4 Å². The Hall–Kier alpha value is -2.64. The monoisotopic (exact) mass is 355 g/mol. The second-order valence-electron chi connectivity index (χ2n) is 5.13. The van der Waals surface area contributed by atoms with Crippen molar-refractivity contribution >= 4 is 5.96 Å². The lowest BCUT2D eigenvalue weighted by atomic mass is 10.2. The Labute approximate surface area is 143 Å². The highest BCUT2D eigenvalue weighted by molar-refractivity contribution is 5.79. The summed E-state index contributed by atoms with van der Waals surface area (Å²) in [5.74, 6) is 1.88. The van der Waals surface area contributed by atoms with Gasteiger partial charge in [0.2, 0.25) is 0 Å². The number of ether oxygens (including phenoxy) is 1. The molecule has 1 aromatic heterocycles. The van der Waals surface area contributed by atoms with E-state index in [1.54, 1.807) is 13.3 Å². The van der Waals surface area contributed by atoms with Gasteiger partial charge in [0, 0.05) is 20.0 Å². The van der Waals surface area contributed by atoms with Crippen LogP contribution in [0.3, 0.4) is 0 Å². The Morgan fingerprint density at radius 3 is 2.44 bits per heavy atom. The Kier molecular flexibility index (Phi) is 6.73. The summed E-state index contributed by atoms with van der Waals surface area (Å²) in [7, 11) is 1.65. The van der Waals surface area contributed by atoms with Crippen molar-refractivity contribution in [2.45, 2.75) is 12.6 Å². The average Bonchev–Trinajstić information content (AvgIpc) is 3.10. The third-order valence-electron chi connectivity index (χ3n) is 3.31. The van der Waals surface area contributed by atoms with Crippen LogP contribution in [0.25, 0.3) is 0 Å². The van der Waals surface area contributed by atoms with Crippen molar-refractivity contribution in [1.29, 1.82) is 0 Å². The zero-order valence-electron chi connectivity index (χ0n) is 13.8. The third-order valence-corrected chi connectivity index (χ3v) is 3.31. The second-order valence-corrected chi connectivity index (χ2v) is 5.13. The number of benzene rings is 1. The molecule has 0 bridgehead atoms. The molecule has 8 heteroatoms. The standard InChI is InChI=1S/C17H20F3N3O2/c1-21-16(22-9-8-14-3-2-11-24-14)23-10-12-25-15-6-4-13(5-7-15)17(18,19)20/h2-7,11H,8-10,12H2,1H3,(H2,21,22,23). The average molecular weight is 355 g/mol. The number of alkyl halides is 3. The van der Waals surface area contributed by atoms with Crippen LogP contribution in [-0.4, -0.2) is 32.7 Å². The van der Waals surface area contributed by atoms with E-state index in [1.807, 2.05) is 12.1 Å². The van der Waals surface area contributed by atoms with Crippen LogP contribution >= 0.6 is 0 Å². The summed E-state index contributed by atoms with van der Waals surface area (Å²) in [6.45, 7) is 1.42. The number of nitrogens with zero attached hydrogens (tertiary/aromatic N) is 1. The van der Waals surface area contributed by atoms with Gasteiger partial charge in [0.25, 0.3) is 0 Å². The highest BCUT2D eigenvalue weighted by Gasteiger charge is 2.29. The van der Waals surface area contributed by atoms with Crippen molar-refractivity contribution in [2.75, 3.05) is 26.7 Å². The highest BCUT2D eigenvalue weighted by atomic mass is 19.4. The molecule has 0 unspecified atom stereocenters. The van der Waals surface area contributed by atoms with Crippen molar-refractivity contribution in [2.24, 2.45) is 4.99 Å². The van der Waals surface area contributed by atoms with Crippen molar-refractivity contribution in [3.63, 3.8) is 0 Å². The van der Waals surface area contributed by atoms with Crippen LogP contribution in [0.2, 0.25) is 0 Å². The van der Waals surface area contributed by atoms with E-state index in [-0.39, 0.29) is 0 Å². The predicted octanol–water partition coefficient (Wildman–Crippen LogP) is 3.08. The van der Waals surface area contributed by atoms with Gasteiger partial charge < -0.3 is 19.8 Å². The third kappa shape index (κ3) is 6.40. The maximum atomic E-state index is 12.5. The maximum Gasteiger partial charge on any atom is 0.416 e. The van der Waals surface area contributed by atoms with Crippen LogP contribution in [0.5, 0.6) is 5.75 Å². The number of hydrogen-bond acceptors (Lipinski definition) is 3. The molecule has 0 aliphatic carbocycles. The minimum Gasteiger partial charge on any atom is -0.492 e. The largest absolute Gasteiger partial charge is 0.492 e. The predicted molar refractivity (Wildman–Crippen MR) is 88.7 cm³/mol. The number of guanidine groups is 1. The zero-order valence-corrected chi connectivity index (χ0v) is 13.8. The molecule has 0 atom stereocenters. The van der Waals surface area contributed by atoms with Crippen molar-refractivity contribution in [3.8, 4) is 5.75 Å². The van der Waals surface area contributed by atoms with Crippen LogP contribution in [0.1, 0.15) is 11.3 Å². The van der Waals surface area contributed by atoms with Crippen molar-refractivity contribution < 1.29 is 22.3 Å². The molecule has 0 radical (unpaired) electrons. The summed E-state index contributed by atoms with van der Waals surface area (Å²) in [5.41, 5.74) is -0.695. The number of aliphatic imine (C=N–C) groups is 1. The molecule has 0 saturated heterocycles. The molecule has 2 rings (SSSR count). The molecule has 0 saturated carbocycles. The minimum atomic E-state index is -4.34. The molecule has 136 valence electrons. The first-order valence-corrected chi connectivity index (χ1v) is 7.76. The van der Waals surface area contributed by atoms with Gasteiger partial charge >= 0.3 is 6.18 Å². The summed E-state index contributed by atoms with van der Waals surface area (Å²) in [6, 6.07) is 8.34. The van der Waals surface area contributed by atoms with Gasteiger partial charge in [-0.15, -0.1) is 0 Å². The van der Waals surface area contributed by atoms with Crippen LogP contribution < -0.4 is 15.4 Å². The van der Waals surface area contributed by atoms with Crippen LogP contribution in [-0.2, 0) is 12.6 Å². The van der Waals surface area contributed by atoms with E-state index >= 15 is 0 Å². The van der Waals surface area contributed by atoms with Crippen molar-refractivity contribution in [1.82, 2.24) is 10.6 Å². The molecular formula is C17H20F3N3O2. The number of halogens is 3. The molecule has 1 aromatic carbocycles. The zero-order chi connectivity index (χ0) is 18.1. The van der Waals surface area contributed by atoms with Gasteiger partial charge in [0.1, 0.15) is 18.1 Å². The molecule has 5 nitrogen and oxygen atoms in total. The van der Waals surface area contributed by atoms with Gasteiger partial charge in [0.15, 0.2) is 5.96 Å². The fraction of sp³-hybridized carbons (Fsp3) is 0.353. The number of hydrogen-bond donors (Lipinski definition) is 2. The lowest BCUT2D eigenvalue weighted by molar-refractivity contribution is -0.137. The van der Waals surface area contributed by atoms with Gasteiger partial charge in [-0.05, 0) is 36.4 Å². The fourth-order valence-corrected chi connectivity index (χ4v) is 2.06. The SMILES string of the molecule is CN=C(NCCOc1ccc(C(F)(F)F)cc1)NCCc1ccco1. The van der Waals surface area contributed by atoms with E-state index in [1.165, 1.54) is 12.1 Å². The summed E-state index contributed by atoms with van der Waals surface area (Å²) >= 11 is 0. The van der Waals surface area contributed by atoms with Gasteiger partial charge in [-0.3, -0.25) is 4.99 Å². The smallest absolute Gasteiger partial charge is 0.416 e. The highest BCUT2D eigenvalue weighted by Crippen LogP contribution is 2.30. The Balaban J connectivity index is 1.65. The maximum absolute atomic E-state index is 12.5. The number of rotatable bonds is 7. The van der Waals surface area contributed by atoms with Crippen molar-refractivity contribution in [3.05, 3.63) is 54.0 Å². The van der Waals surface area contributed by atoms with Crippen LogP contribution in [0.15, 0.2) is 52.1 Å². The van der Waals surface area contributed by atoms with E-state index in [4.69, 9.17) is 9.15 Å². The molecule has 0 amide bonds. The molecule has 1 heterocycles.